The lowest BCUT2D eigenvalue weighted by Gasteiger charge is -2.37. The highest BCUT2D eigenvalue weighted by Crippen LogP contribution is 2.17. The van der Waals surface area contributed by atoms with Crippen molar-refractivity contribution in [3.05, 3.63) is 71.8 Å². The van der Waals surface area contributed by atoms with E-state index in [9.17, 15) is 14.7 Å². The Morgan fingerprint density at radius 2 is 1.65 bits per heavy atom. The first kappa shape index (κ1) is 25.7. The molecule has 1 aliphatic heterocycles. The topological polar surface area (TPSA) is 108 Å². The molecule has 0 aliphatic carbocycles. The van der Waals surface area contributed by atoms with E-state index in [1.807, 2.05) is 74.5 Å². The van der Waals surface area contributed by atoms with Gasteiger partial charge in [0.05, 0.1) is 6.10 Å². The Morgan fingerprint density at radius 1 is 1.06 bits per heavy atom. The van der Waals surface area contributed by atoms with Gasteiger partial charge in [-0.1, -0.05) is 74.5 Å². The van der Waals surface area contributed by atoms with Crippen LogP contribution in [0.4, 0.5) is 4.79 Å². The van der Waals surface area contributed by atoms with Crippen LogP contribution < -0.4 is 16.4 Å². The van der Waals surface area contributed by atoms with Crippen LogP contribution in [0.1, 0.15) is 37.8 Å². The molecule has 1 aliphatic rings. The first-order valence-electron chi connectivity index (χ1n) is 12.2. The summed E-state index contributed by atoms with van der Waals surface area (Å²) >= 11 is 0. The highest BCUT2D eigenvalue weighted by molar-refractivity contribution is 5.87. The third-order valence-corrected chi connectivity index (χ3v) is 6.35. The fourth-order valence-corrected chi connectivity index (χ4v) is 4.58. The molecule has 2 aromatic rings. The van der Waals surface area contributed by atoms with Gasteiger partial charge >= 0.3 is 6.03 Å². The van der Waals surface area contributed by atoms with E-state index in [0.29, 0.717) is 32.4 Å². The lowest BCUT2D eigenvalue weighted by atomic mass is 9.93. The summed E-state index contributed by atoms with van der Waals surface area (Å²) in [6.45, 7) is 5.08. The van der Waals surface area contributed by atoms with Gasteiger partial charge in [-0.2, -0.15) is 0 Å². The number of aliphatic hydroxyl groups is 1. The van der Waals surface area contributed by atoms with Crippen LogP contribution in [-0.2, 0) is 17.6 Å². The van der Waals surface area contributed by atoms with Crippen LogP contribution in [0.15, 0.2) is 60.7 Å². The molecule has 1 fully saturated rings. The maximum absolute atomic E-state index is 13.4. The fourth-order valence-electron chi connectivity index (χ4n) is 4.58. The molecule has 2 aromatic carbocycles. The number of carbonyl (C=O) groups is 2. The van der Waals surface area contributed by atoms with Gasteiger partial charge in [0, 0.05) is 25.2 Å². The van der Waals surface area contributed by atoms with Crippen molar-refractivity contribution >= 4 is 11.9 Å². The SMILES string of the molecule is CC(C)C(C(=O)NC(Cc1ccccc1)CC(O)C(N)Cc1ccccc1)N1CCCNC1=O. The number of hydrogen-bond acceptors (Lipinski definition) is 4. The Balaban J connectivity index is 1.72. The van der Waals surface area contributed by atoms with Crippen molar-refractivity contribution in [3.8, 4) is 0 Å². The summed E-state index contributed by atoms with van der Waals surface area (Å²) in [6.07, 6.45) is 1.47. The van der Waals surface area contributed by atoms with E-state index < -0.39 is 18.2 Å². The number of hydrogen-bond donors (Lipinski definition) is 4. The zero-order valence-corrected chi connectivity index (χ0v) is 20.2. The van der Waals surface area contributed by atoms with Gasteiger partial charge in [0.1, 0.15) is 6.04 Å². The molecule has 4 unspecified atom stereocenters. The van der Waals surface area contributed by atoms with E-state index in [2.05, 4.69) is 10.6 Å². The number of urea groups is 1. The molecule has 7 heteroatoms. The van der Waals surface area contributed by atoms with E-state index in [-0.39, 0.29) is 23.9 Å². The van der Waals surface area contributed by atoms with Crippen molar-refractivity contribution in [2.45, 2.75) is 63.8 Å². The lowest BCUT2D eigenvalue weighted by Crippen LogP contribution is -2.59. The third kappa shape index (κ3) is 7.30. The van der Waals surface area contributed by atoms with Crippen LogP contribution in [0.5, 0.6) is 0 Å². The molecule has 3 amide bonds. The van der Waals surface area contributed by atoms with Gasteiger partial charge in [-0.15, -0.1) is 0 Å². The minimum absolute atomic E-state index is 0.0495. The Morgan fingerprint density at radius 3 is 2.21 bits per heavy atom. The summed E-state index contributed by atoms with van der Waals surface area (Å²) in [5.74, 6) is -0.247. The smallest absolute Gasteiger partial charge is 0.318 e. The second-order valence-corrected chi connectivity index (χ2v) is 9.52. The van der Waals surface area contributed by atoms with Crippen LogP contribution >= 0.6 is 0 Å². The van der Waals surface area contributed by atoms with Crippen LogP contribution in [0.25, 0.3) is 0 Å². The summed E-state index contributed by atoms with van der Waals surface area (Å²) in [7, 11) is 0. The zero-order chi connectivity index (χ0) is 24.5. The van der Waals surface area contributed by atoms with Gasteiger partial charge in [-0.3, -0.25) is 4.79 Å². The second kappa shape index (κ2) is 12.5. The Hall–Kier alpha value is -2.90. The molecule has 0 radical (unpaired) electrons. The molecule has 0 bridgehead atoms. The van der Waals surface area contributed by atoms with E-state index in [0.717, 1.165) is 17.5 Å². The molecule has 0 aromatic heterocycles. The number of carbonyl (C=O) groups excluding carboxylic acids is 2. The van der Waals surface area contributed by atoms with E-state index in [1.54, 1.807) is 4.90 Å². The van der Waals surface area contributed by atoms with Crippen LogP contribution in [0.2, 0.25) is 0 Å². The van der Waals surface area contributed by atoms with E-state index >= 15 is 0 Å². The van der Waals surface area contributed by atoms with Crippen molar-refractivity contribution in [2.75, 3.05) is 13.1 Å². The van der Waals surface area contributed by atoms with Crippen molar-refractivity contribution in [1.29, 1.82) is 0 Å². The van der Waals surface area contributed by atoms with Crippen molar-refractivity contribution in [3.63, 3.8) is 0 Å². The largest absolute Gasteiger partial charge is 0.391 e. The van der Waals surface area contributed by atoms with Crippen LogP contribution in [0, 0.1) is 5.92 Å². The lowest BCUT2D eigenvalue weighted by molar-refractivity contribution is -0.128. The molecule has 0 saturated carbocycles. The van der Waals surface area contributed by atoms with E-state index in [4.69, 9.17) is 5.73 Å². The number of benzene rings is 2. The number of rotatable bonds is 11. The molecule has 1 heterocycles. The summed E-state index contributed by atoms with van der Waals surface area (Å²) in [5.41, 5.74) is 8.47. The number of nitrogens with one attached hydrogen (secondary N) is 2. The van der Waals surface area contributed by atoms with Gasteiger partial charge in [0.25, 0.3) is 0 Å². The molecule has 34 heavy (non-hydrogen) atoms. The van der Waals surface area contributed by atoms with Crippen molar-refractivity contribution in [2.24, 2.45) is 11.7 Å². The number of nitrogens with zero attached hydrogens (tertiary/aromatic N) is 1. The van der Waals surface area contributed by atoms with Crippen LogP contribution in [0.3, 0.4) is 0 Å². The summed E-state index contributed by atoms with van der Waals surface area (Å²) < 4.78 is 0. The number of nitrogens with two attached hydrogens (primary N) is 1. The predicted octanol–water partition coefficient (Wildman–Crippen LogP) is 2.47. The van der Waals surface area contributed by atoms with Gasteiger partial charge in [0.2, 0.25) is 5.91 Å². The number of amides is 3. The minimum Gasteiger partial charge on any atom is -0.391 e. The zero-order valence-electron chi connectivity index (χ0n) is 20.2. The molecule has 7 nitrogen and oxygen atoms in total. The third-order valence-electron chi connectivity index (χ3n) is 6.35. The number of aliphatic hydroxyl groups excluding tert-OH is 1. The van der Waals surface area contributed by atoms with Crippen molar-refractivity contribution in [1.82, 2.24) is 15.5 Å². The normalized spacial score (nSPS) is 17.6. The summed E-state index contributed by atoms with van der Waals surface area (Å²) in [5, 5.41) is 16.9. The maximum atomic E-state index is 13.4. The van der Waals surface area contributed by atoms with E-state index in [1.165, 1.54) is 0 Å². The Labute approximate surface area is 202 Å². The summed E-state index contributed by atoms with van der Waals surface area (Å²) in [4.78, 5) is 27.5. The van der Waals surface area contributed by atoms with Crippen LogP contribution in [-0.4, -0.2) is 59.3 Å². The molecule has 0 spiro atoms. The monoisotopic (exact) mass is 466 g/mol. The average molecular weight is 467 g/mol. The molecular weight excluding hydrogens is 428 g/mol. The second-order valence-electron chi connectivity index (χ2n) is 9.52. The molecule has 5 N–H and O–H groups in total. The highest BCUT2D eigenvalue weighted by atomic mass is 16.3. The standard InChI is InChI=1S/C27H38N4O3/c1-19(2)25(31-15-9-14-29-27(31)34)26(33)30-22(16-20-10-5-3-6-11-20)18-24(32)23(28)17-21-12-7-4-8-13-21/h3-8,10-13,19,22-25,32H,9,14-18,28H2,1-2H3,(H,29,34)(H,30,33). The molecule has 184 valence electrons. The molecular formula is C27H38N4O3. The first-order valence-corrected chi connectivity index (χ1v) is 12.2. The summed E-state index contributed by atoms with van der Waals surface area (Å²) in [6, 6.07) is 18.2. The maximum Gasteiger partial charge on any atom is 0.318 e. The predicted molar refractivity (Wildman–Crippen MR) is 134 cm³/mol. The minimum atomic E-state index is -0.787. The molecule has 3 rings (SSSR count). The molecule has 4 atom stereocenters. The highest BCUT2D eigenvalue weighted by Gasteiger charge is 2.35. The average Bonchev–Trinajstić information content (AvgIpc) is 2.81. The van der Waals surface area contributed by atoms with Crippen molar-refractivity contribution < 1.29 is 14.7 Å². The quantitative estimate of drug-likeness (QED) is 0.408. The first-order chi connectivity index (χ1) is 16.3. The Kier molecular flexibility index (Phi) is 9.48. The van der Waals surface area contributed by atoms with Gasteiger partial charge in [-0.25, -0.2) is 4.79 Å². The van der Waals surface area contributed by atoms with Gasteiger partial charge < -0.3 is 26.4 Å². The fraction of sp³-hybridized carbons (Fsp3) is 0.481. The van der Waals surface area contributed by atoms with Gasteiger partial charge in [-0.05, 0) is 42.7 Å². The Bertz CT molecular complexity index is 907. The van der Waals surface area contributed by atoms with Gasteiger partial charge in [0.15, 0.2) is 0 Å². The molecule has 1 saturated heterocycles.